The molecule has 0 aromatic heterocycles. The molecule has 2 nitrogen and oxygen atoms in total. The summed E-state index contributed by atoms with van der Waals surface area (Å²) in [5.41, 5.74) is 0.360. The quantitative estimate of drug-likeness (QED) is 0.655. The Balaban J connectivity index is 1.92. The van der Waals surface area contributed by atoms with Crippen molar-refractivity contribution in [2.45, 2.75) is 58.0 Å². The second-order valence-corrected chi connectivity index (χ2v) is 6.16. The van der Waals surface area contributed by atoms with E-state index >= 15 is 0 Å². The average Bonchev–Trinajstić information content (AvgIpc) is 2.69. The van der Waals surface area contributed by atoms with Gasteiger partial charge in [-0.05, 0) is 66.1 Å². The molecule has 1 unspecified atom stereocenters. The number of hydrogen-bond donors (Lipinski definition) is 0. The predicted octanol–water partition coefficient (Wildman–Crippen LogP) is 2.35. The van der Waals surface area contributed by atoms with Crippen molar-refractivity contribution in [3.8, 4) is 0 Å². The van der Waals surface area contributed by atoms with E-state index in [1.165, 1.54) is 51.9 Å². The number of hydrogen-bond acceptors (Lipinski definition) is 2. The van der Waals surface area contributed by atoms with Crippen LogP contribution in [0.5, 0.6) is 0 Å². The number of likely N-dealkylation sites (tertiary alicyclic amines) is 2. The number of piperidine rings is 1. The van der Waals surface area contributed by atoms with Gasteiger partial charge < -0.3 is 0 Å². The van der Waals surface area contributed by atoms with Gasteiger partial charge in [-0.1, -0.05) is 0 Å². The highest BCUT2D eigenvalue weighted by atomic mass is 15.3. The molecule has 2 aliphatic heterocycles. The maximum atomic E-state index is 2.72. The lowest BCUT2D eigenvalue weighted by atomic mass is 9.97. The van der Waals surface area contributed by atoms with Crippen LogP contribution in [0.4, 0.5) is 0 Å². The van der Waals surface area contributed by atoms with E-state index in [0.717, 1.165) is 6.04 Å². The fourth-order valence-electron chi connectivity index (χ4n) is 2.97. The van der Waals surface area contributed by atoms with Crippen molar-refractivity contribution in [2.75, 3.05) is 26.2 Å². The third kappa shape index (κ3) is 2.73. The minimum Gasteiger partial charge on any atom is -0.299 e. The van der Waals surface area contributed by atoms with E-state index in [9.17, 15) is 0 Å². The normalized spacial score (nSPS) is 31.0. The Kier molecular flexibility index (Phi) is 3.36. The standard InChI is InChI=1S/C13H26N2/c1-13(2,3)15-10-6-7-12(11-15)14-8-4-5-9-14/h12H,4-11H2,1-3H3. The van der Waals surface area contributed by atoms with Crippen molar-refractivity contribution >= 4 is 0 Å². The van der Waals surface area contributed by atoms with Crippen LogP contribution < -0.4 is 0 Å². The van der Waals surface area contributed by atoms with Gasteiger partial charge in [0.15, 0.2) is 0 Å². The SMILES string of the molecule is CC(C)(C)N1CCCC(N2CCCC2)C1. The highest BCUT2D eigenvalue weighted by molar-refractivity contribution is 4.88. The van der Waals surface area contributed by atoms with Crippen molar-refractivity contribution in [3.63, 3.8) is 0 Å². The molecule has 0 bridgehead atoms. The number of nitrogens with zero attached hydrogens (tertiary/aromatic N) is 2. The Morgan fingerprint density at radius 2 is 1.60 bits per heavy atom. The van der Waals surface area contributed by atoms with Gasteiger partial charge in [-0.25, -0.2) is 0 Å². The van der Waals surface area contributed by atoms with E-state index in [0.29, 0.717) is 5.54 Å². The molecule has 88 valence electrons. The first-order valence-corrected chi connectivity index (χ1v) is 6.56. The van der Waals surface area contributed by atoms with Gasteiger partial charge in [0, 0.05) is 18.1 Å². The Bertz CT molecular complexity index is 201. The van der Waals surface area contributed by atoms with Crippen LogP contribution in [0.25, 0.3) is 0 Å². The van der Waals surface area contributed by atoms with Crippen LogP contribution in [0.15, 0.2) is 0 Å². The second-order valence-electron chi connectivity index (χ2n) is 6.16. The first-order valence-electron chi connectivity index (χ1n) is 6.56. The molecule has 0 amide bonds. The first-order chi connectivity index (χ1) is 7.07. The summed E-state index contributed by atoms with van der Waals surface area (Å²) in [6, 6.07) is 0.848. The van der Waals surface area contributed by atoms with Gasteiger partial charge in [0.2, 0.25) is 0 Å². The van der Waals surface area contributed by atoms with E-state index in [1.54, 1.807) is 0 Å². The highest BCUT2D eigenvalue weighted by Gasteiger charge is 2.31. The fraction of sp³-hybridized carbons (Fsp3) is 1.00. The van der Waals surface area contributed by atoms with Gasteiger partial charge in [0.05, 0.1) is 0 Å². The Morgan fingerprint density at radius 3 is 2.20 bits per heavy atom. The largest absolute Gasteiger partial charge is 0.299 e. The molecule has 0 radical (unpaired) electrons. The van der Waals surface area contributed by atoms with E-state index in [2.05, 4.69) is 30.6 Å². The Hall–Kier alpha value is -0.0800. The van der Waals surface area contributed by atoms with Crippen molar-refractivity contribution in [1.29, 1.82) is 0 Å². The molecule has 2 saturated heterocycles. The summed E-state index contributed by atoms with van der Waals surface area (Å²) in [5, 5.41) is 0. The third-order valence-corrected chi connectivity index (χ3v) is 4.00. The zero-order valence-electron chi connectivity index (χ0n) is 10.6. The Labute approximate surface area is 94.6 Å². The van der Waals surface area contributed by atoms with Crippen molar-refractivity contribution in [1.82, 2.24) is 9.80 Å². The van der Waals surface area contributed by atoms with E-state index < -0.39 is 0 Å². The van der Waals surface area contributed by atoms with Gasteiger partial charge >= 0.3 is 0 Å². The summed E-state index contributed by atoms with van der Waals surface area (Å²) >= 11 is 0. The minimum atomic E-state index is 0.360. The van der Waals surface area contributed by atoms with Crippen LogP contribution in [0.2, 0.25) is 0 Å². The van der Waals surface area contributed by atoms with Crippen LogP contribution in [0, 0.1) is 0 Å². The summed E-state index contributed by atoms with van der Waals surface area (Å²) in [7, 11) is 0. The van der Waals surface area contributed by atoms with Crippen LogP contribution in [0.3, 0.4) is 0 Å². The van der Waals surface area contributed by atoms with Gasteiger partial charge in [-0.2, -0.15) is 0 Å². The third-order valence-electron chi connectivity index (χ3n) is 4.00. The van der Waals surface area contributed by atoms with Crippen LogP contribution >= 0.6 is 0 Å². The van der Waals surface area contributed by atoms with E-state index in [4.69, 9.17) is 0 Å². The molecule has 0 spiro atoms. The minimum absolute atomic E-state index is 0.360. The van der Waals surface area contributed by atoms with Gasteiger partial charge in [0.1, 0.15) is 0 Å². The molecule has 0 aromatic carbocycles. The van der Waals surface area contributed by atoms with E-state index in [-0.39, 0.29) is 0 Å². The maximum Gasteiger partial charge on any atom is 0.0223 e. The van der Waals surface area contributed by atoms with Gasteiger partial charge in [0.25, 0.3) is 0 Å². The highest BCUT2D eigenvalue weighted by Crippen LogP contribution is 2.24. The lowest BCUT2D eigenvalue weighted by Crippen LogP contribution is -2.53. The topological polar surface area (TPSA) is 6.48 Å². The molecule has 2 rings (SSSR count). The molecule has 15 heavy (non-hydrogen) atoms. The molecule has 0 saturated carbocycles. The molecule has 2 aliphatic rings. The Morgan fingerprint density at radius 1 is 0.933 bits per heavy atom. The molecule has 0 aliphatic carbocycles. The molecule has 1 atom stereocenters. The summed E-state index contributed by atoms with van der Waals surface area (Å²) in [5.74, 6) is 0. The zero-order chi connectivity index (χ0) is 10.9. The zero-order valence-corrected chi connectivity index (χ0v) is 10.6. The van der Waals surface area contributed by atoms with Crippen LogP contribution in [0.1, 0.15) is 46.5 Å². The number of rotatable bonds is 1. The molecule has 2 heteroatoms. The van der Waals surface area contributed by atoms with Crippen molar-refractivity contribution in [2.24, 2.45) is 0 Å². The monoisotopic (exact) mass is 210 g/mol. The predicted molar refractivity (Wildman–Crippen MR) is 65.2 cm³/mol. The maximum absolute atomic E-state index is 2.72. The molecule has 2 heterocycles. The summed E-state index contributed by atoms with van der Waals surface area (Å²) < 4.78 is 0. The fourth-order valence-corrected chi connectivity index (χ4v) is 2.97. The lowest BCUT2D eigenvalue weighted by molar-refractivity contribution is 0.0525. The summed E-state index contributed by atoms with van der Waals surface area (Å²) in [6.07, 6.45) is 5.66. The van der Waals surface area contributed by atoms with Gasteiger partial charge in [-0.15, -0.1) is 0 Å². The molecule has 0 N–H and O–H groups in total. The van der Waals surface area contributed by atoms with Crippen LogP contribution in [-0.4, -0.2) is 47.6 Å². The molecular weight excluding hydrogens is 184 g/mol. The average molecular weight is 210 g/mol. The van der Waals surface area contributed by atoms with E-state index in [1.807, 2.05) is 0 Å². The van der Waals surface area contributed by atoms with Crippen molar-refractivity contribution in [3.05, 3.63) is 0 Å². The summed E-state index contributed by atoms with van der Waals surface area (Å²) in [6.45, 7) is 12.3. The molecule has 2 fully saturated rings. The van der Waals surface area contributed by atoms with Gasteiger partial charge in [-0.3, -0.25) is 9.80 Å². The molecular formula is C13H26N2. The second kappa shape index (κ2) is 4.42. The lowest BCUT2D eigenvalue weighted by Gasteiger charge is -2.44. The van der Waals surface area contributed by atoms with Crippen molar-refractivity contribution < 1.29 is 0 Å². The first kappa shape index (κ1) is 11.4. The smallest absolute Gasteiger partial charge is 0.0223 e. The summed E-state index contributed by atoms with van der Waals surface area (Å²) in [4.78, 5) is 5.39. The molecule has 0 aromatic rings. The van der Waals surface area contributed by atoms with Crippen LogP contribution in [-0.2, 0) is 0 Å².